The smallest absolute Gasteiger partial charge is 0.0813 e. The van der Waals surface area contributed by atoms with Crippen LogP contribution in [0.4, 0.5) is 0 Å². The van der Waals surface area contributed by atoms with Crippen LogP contribution in [0.25, 0.3) is 0 Å². The van der Waals surface area contributed by atoms with Crippen molar-refractivity contribution in [1.29, 1.82) is 0 Å². The van der Waals surface area contributed by atoms with Crippen molar-refractivity contribution >= 4 is 34.8 Å². The molecule has 5 heteroatoms. The molecular weight excluding hydrogens is 293 g/mol. The van der Waals surface area contributed by atoms with E-state index in [9.17, 15) is 0 Å². The summed E-state index contributed by atoms with van der Waals surface area (Å²) in [5.74, 6) is 0. The minimum absolute atomic E-state index is 0.0976. The molecular formula is C13H18Cl3NO. The van der Waals surface area contributed by atoms with E-state index in [1.165, 1.54) is 0 Å². The van der Waals surface area contributed by atoms with Crippen LogP contribution in [0.15, 0.2) is 12.1 Å². The fourth-order valence-corrected chi connectivity index (χ4v) is 2.36. The van der Waals surface area contributed by atoms with E-state index in [4.69, 9.17) is 39.6 Å². The number of hydrogen-bond acceptors (Lipinski definition) is 2. The number of hydroxylamine groups is 1. The third kappa shape index (κ3) is 5.33. The molecule has 1 aromatic rings. The molecule has 0 aliphatic rings. The van der Waals surface area contributed by atoms with Crippen molar-refractivity contribution in [3.8, 4) is 0 Å². The molecule has 0 aromatic heterocycles. The first-order valence-electron chi connectivity index (χ1n) is 5.76. The van der Waals surface area contributed by atoms with Gasteiger partial charge in [-0.15, -0.1) is 0 Å². The van der Waals surface area contributed by atoms with Gasteiger partial charge in [-0.1, -0.05) is 34.8 Å². The van der Waals surface area contributed by atoms with Gasteiger partial charge in [-0.05, 0) is 51.8 Å². The summed E-state index contributed by atoms with van der Waals surface area (Å²) in [6, 6.07) is 3.49. The van der Waals surface area contributed by atoms with Crippen LogP contribution in [0.1, 0.15) is 33.3 Å². The zero-order valence-corrected chi connectivity index (χ0v) is 13.2. The molecule has 102 valence electrons. The fraction of sp³-hybridized carbons (Fsp3) is 0.538. The van der Waals surface area contributed by atoms with E-state index >= 15 is 0 Å². The van der Waals surface area contributed by atoms with Crippen LogP contribution in [0, 0.1) is 0 Å². The van der Waals surface area contributed by atoms with Crippen LogP contribution in [0.2, 0.25) is 15.1 Å². The molecule has 0 aliphatic carbocycles. The number of benzene rings is 1. The first-order valence-corrected chi connectivity index (χ1v) is 6.89. The highest BCUT2D eigenvalue weighted by Crippen LogP contribution is 2.29. The van der Waals surface area contributed by atoms with Gasteiger partial charge in [-0.3, -0.25) is 4.84 Å². The number of rotatable bonds is 4. The first-order chi connectivity index (χ1) is 8.19. The third-order valence-corrected chi connectivity index (χ3v) is 3.08. The fourth-order valence-electron chi connectivity index (χ4n) is 1.39. The topological polar surface area (TPSA) is 21.3 Å². The Morgan fingerprint density at radius 1 is 1.17 bits per heavy atom. The average Bonchev–Trinajstić information content (AvgIpc) is 2.19. The maximum Gasteiger partial charge on any atom is 0.0813 e. The second-order valence-electron chi connectivity index (χ2n) is 5.29. The van der Waals surface area contributed by atoms with Gasteiger partial charge in [0.2, 0.25) is 0 Å². The second kappa shape index (κ2) is 6.44. The van der Waals surface area contributed by atoms with Gasteiger partial charge in [0.05, 0.1) is 5.60 Å². The van der Waals surface area contributed by atoms with Crippen molar-refractivity contribution in [2.75, 3.05) is 0 Å². The quantitative estimate of drug-likeness (QED) is 0.799. The lowest BCUT2D eigenvalue weighted by atomic mass is 10.1. The van der Waals surface area contributed by atoms with Crippen LogP contribution in [-0.4, -0.2) is 11.6 Å². The molecule has 0 saturated carbocycles. The molecule has 0 spiro atoms. The second-order valence-corrected chi connectivity index (χ2v) is 6.54. The lowest BCUT2D eigenvalue weighted by Crippen LogP contribution is -2.36. The van der Waals surface area contributed by atoms with Gasteiger partial charge < -0.3 is 0 Å². The number of halogens is 3. The minimum atomic E-state index is -0.234. The molecule has 18 heavy (non-hydrogen) atoms. The normalized spacial score (nSPS) is 13.7. The highest BCUT2D eigenvalue weighted by molar-refractivity contribution is 6.39. The van der Waals surface area contributed by atoms with Crippen LogP contribution in [0.5, 0.6) is 0 Å². The van der Waals surface area contributed by atoms with Crippen molar-refractivity contribution in [3.05, 3.63) is 32.8 Å². The van der Waals surface area contributed by atoms with Gasteiger partial charge in [0.25, 0.3) is 0 Å². The SMILES string of the molecule is CC(Cc1c(Cl)cc(Cl)cc1Cl)NOC(C)(C)C. The Morgan fingerprint density at radius 3 is 2.11 bits per heavy atom. The highest BCUT2D eigenvalue weighted by atomic mass is 35.5. The summed E-state index contributed by atoms with van der Waals surface area (Å²) in [7, 11) is 0. The van der Waals surface area contributed by atoms with Crippen molar-refractivity contribution in [1.82, 2.24) is 5.48 Å². The van der Waals surface area contributed by atoms with Crippen molar-refractivity contribution in [2.45, 2.75) is 45.8 Å². The highest BCUT2D eigenvalue weighted by Gasteiger charge is 2.15. The van der Waals surface area contributed by atoms with Crippen molar-refractivity contribution in [3.63, 3.8) is 0 Å². The van der Waals surface area contributed by atoms with E-state index in [1.54, 1.807) is 12.1 Å². The summed E-state index contributed by atoms with van der Waals surface area (Å²) >= 11 is 18.1. The van der Waals surface area contributed by atoms with Crippen molar-refractivity contribution < 1.29 is 4.84 Å². The van der Waals surface area contributed by atoms with Crippen LogP contribution < -0.4 is 5.48 Å². The molecule has 1 aromatic carbocycles. The Morgan fingerprint density at radius 2 is 1.67 bits per heavy atom. The summed E-state index contributed by atoms with van der Waals surface area (Å²) in [6.07, 6.45) is 0.672. The molecule has 0 aliphatic heterocycles. The Hall–Kier alpha value is 0.01000. The Kier molecular flexibility index (Phi) is 5.75. The van der Waals surface area contributed by atoms with Crippen molar-refractivity contribution in [2.24, 2.45) is 0 Å². The third-order valence-electron chi connectivity index (χ3n) is 2.18. The molecule has 1 atom stereocenters. The maximum absolute atomic E-state index is 6.13. The monoisotopic (exact) mass is 309 g/mol. The Labute approximate surface area is 124 Å². The molecule has 1 rings (SSSR count). The van der Waals surface area contributed by atoms with Crippen LogP contribution in [0.3, 0.4) is 0 Å². The van der Waals surface area contributed by atoms with E-state index in [1.807, 2.05) is 27.7 Å². The zero-order valence-electron chi connectivity index (χ0n) is 11.0. The van der Waals surface area contributed by atoms with Gasteiger partial charge >= 0.3 is 0 Å². The first kappa shape index (κ1) is 16.1. The van der Waals surface area contributed by atoms with E-state index in [0.29, 0.717) is 21.5 Å². The largest absolute Gasteiger partial charge is 0.296 e. The predicted octanol–water partition coefficient (Wildman–Crippen LogP) is 4.90. The van der Waals surface area contributed by atoms with Gasteiger partial charge in [0, 0.05) is 21.1 Å². The van der Waals surface area contributed by atoms with E-state index in [2.05, 4.69) is 5.48 Å². The van der Waals surface area contributed by atoms with E-state index in [0.717, 1.165) is 5.56 Å². The van der Waals surface area contributed by atoms with Gasteiger partial charge in [0.1, 0.15) is 0 Å². The molecule has 0 amide bonds. The molecule has 0 heterocycles. The summed E-state index contributed by atoms with van der Waals surface area (Å²) < 4.78 is 0. The van der Waals surface area contributed by atoms with Gasteiger partial charge in [0.15, 0.2) is 0 Å². The standard InChI is InChI=1S/C13H18Cl3NO/c1-8(17-18-13(2,3)4)5-10-11(15)6-9(14)7-12(10)16/h6-8,17H,5H2,1-4H3. The summed E-state index contributed by atoms with van der Waals surface area (Å²) in [6.45, 7) is 7.95. The molecule has 2 nitrogen and oxygen atoms in total. The van der Waals surface area contributed by atoms with Crippen LogP contribution >= 0.6 is 34.8 Å². The maximum atomic E-state index is 6.13. The van der Waals surface area contributed by atoms with E-state index < -0.39 is 0 Å². The van der Waals surface area contributed by atoms with E-state index in [-0.39, 0.29) is 11.6 Å². The molecule has 0 saturated heterocycles. The lowest BCUT2D eigenvalue weighted by molar-refractivity contribution is -0.0857. The predicted molar refractivity (Wildman–Crippen MR) is 78.6 cm³/mol. The molecule has 1 unspecified atom stereocenters. The summed E-state index contributed by atoms with van der Waals surface area (Å²) in [5, 5.41) is 1.70. The van der Waals surface area contributed by atoms with Crippen LogP contribution in [-0.2, 0) is 11.3 Å². The summed E-state index contributed by atoms with van der Waals surface area (Å²) in [5.41, 5.74) is 3.63. The van der Waals surface area contributed by atoms with Gasteiger partial charge in [-0.2, -0.15) is 5.48 Å². The molecule has 0 fully saturated rings. The number of nitrogens with one attached hydrogen (secondary N) is 1. The lowest BCUT2D eigenvalue weighted by Gasteiger charge is -2.23. The summed E-state index contributed by atoms with van der Waals surface area (Å²) in [4.78, 5) is 5.50. The zero-order chi connectivity index (χ0) is 13.9. The minimum Gasteiger partial charge on any atom is -0.296 e. The Bertz CT molecular complexity index is 392. The Balaban J connectivity index is 2.68. The average molecular weight is 311 g/mol. The molecule has 1 N–H and O–H groups in total. The van der Waals surface area contributed by atoms with Gasteiger partial charge in [-0.25, -0.2) is 0 Å². The molecule has 0 bridgehead atoms. The number of hydrogen-bond donors (Lipinski definition) is 1. The molecule has 0 radical (unpaired) electrons.